The first-order valence-electron chi connectivity index (χ1n) is 10.7. The Kier molecular flexibility index (Phi) is 5.26. The summed E-state index contributed by atoms with van der Waals surface area (Å²) in [6, 6.07) is 6.61. The molecule has 0 amide bonds. The van der Waals surface area contributed by atoms with Gasteiger partial charge in [-0.05, 0) is 54.6 Å². The highest BCUT2D eigenvalue weighted by Crippen LogP contribution is 2.48. The number of benzene rings is 1. The minimum absolute atomic E-state index is 0.109. The summed E-state index contributed by atoms with van der Waals surface area (Å²) in [5, 5.41) is 10.6. The molecule has 1 aromatic carbocycles. The summed E-state index contributed by atoms with van der Waals surface area (Å²) in [5.74, 6) is 1.57. The smallest absolute Gasteiger partial charge is 0.0929 e. The van der Waals surface area contributed by atoms with Crippen molar-refractivity contribution in [2.24, 2.45) is 22.7 Å². The summed E-state index contributed by atoms with van der Waals surface area (Å²) in [6.45, 7) is 9.74. The molecule has 0 saturated carbocycles. The molecule has 0 spiro atoms. The lowest BCUT2D eigenvalue weighted by molar-refractivity contribution is -0.00747. The molecule has 1 N–H and O–H groups in total. The molecule has 4 unspecified atom stereocenters. The Labute approximate surface area is 163 Å². The monoisotopic (exact) mass is 367 g/mol. The quantitative estimate of drug-likeness (QED) is 0.742. The molecule has 1 aromatic rings. The van der Waals surface area contributed by atoms with Crippen LogP contribution in [0.25, 0.3) is 0 Å². The van der Waals surface area contributed by atoms with Gasteiger partial charge in [0.15, 0.2) is 0 Å². The summed E-state index contributed by atoms with van der Waals surface area (Å²) >= 11 is 0. The average Bonchev–Trinajstić information content (AvgIpc) is 2.70. The van der Waals surface area contributed by atoms with Crippen LogP contribution in [-0.2, 0) is 4.74 Å². The Bertz CT molecular complexity index is 766. The number of hydrogen-bond acceptors (Lipinski definition) is 3. The van der Waals surface area contributed by atoms with Crippen LogP contribution in [0.3, 0.4) is 0 Å². The molecule has 3 aliphatic rings. The molecule has 1 aliphatic carbocycles. The molecule has 2 aliphatic heterocycles. The van der Waals surface area contributed by atoms with Gasteiger partial charge in [-0.1, -0.05) is 52.0 Å². The van der Waals surface area contributed by atoms with Gasteiger partial charge in [-0.2, -0.15) is 0 Å². The molecule has 1 saturated heterocycles. The first kappa shape index (κ1) is 18.9. The van der Waals surface area contributed by atoms with Crippen molar-refractivity contribution >= 4 is 11.4 Å². The number of fused-ring (bicyclic) bond motifs is 3. The zero-order valence-corrected chi connectivity index (χ0v) is 17.1. The Balaban J connectivity index is 1.84. The molecule has 0 bridgehead atoms. The predicted molar refractivity (Wildman–Crippen MR) is 111 cm³/mol. The normalized spacial score (nSPS) is 34.2. The first-order valence-corrected chi connectivity index (χ1v) is 10.7. The van der Waals surface area contributed by atoms with Gasteiger partial charge in [0.05, 0.1) is 23.6 Å². The van der Waals surface area contributed by atoms with Crippen LogP contribution in [0.1, 0.15) is 76.5 Å². The number of ether oxygens (including phenoxy) is 1. The third kappa shape index (κ3) is 3.30. The van der Waals surface area contributed by atoms with Gasteiger partial charge in [0, 0.05) is 18.1 Å². The van der Waals surface area contributed by atoms with Gasteiger partial charge >= 0.3 is 0 Å². The van der Waals surface area contributed by atoms with E-state index in [0.717, 1.165) is 38.0 Å². The summed E-state index contributed by atoms with van der Waals surface area (Å²) in [5.41, 5.74) is 6.16. The number of allylic oxidation sites excluding steroid dienone is 1. The van der Waals surface area contributed by atoms with Crippen molar-refractivity contribution in [3.8, 4) is 0 Å². The van der Waals surface area contributed by atoms with Gasteiger partial charge in [-0.3, -0.25) is 4.99 Å². The fourth-order valence-corrected chi connectivity index (χ4v) is 4.92. The number of nitrogens with zero attached hydrogens (tertiary/aromatic N) is 1. The molecule has 0 radical (unpaired) electrons. The largest absolute Gasteiger partial charge is 0.389 e. The van der Waals surface area contributed by atoms with E-state index >= 15 is 0 Å². The first-order chi connectivity index (χ1) is 13.0. The highest BCUT2D eigenvalue weighted by atomic mass is 16.5. The van der Waals surface area contributed by atoms with E-state index in [0.29, 0.717) is 23.7 Å². The zero-order chi connectivity index (χ0) is 19.1. The maximum atomic E-state index is 10.6. The number of aliphatic imine (C=N–C) groups is 1. The van der Waals surface area contributed by atoms with Crippen LogP contribution >= 0.6 is 0 Å². The summed E-state index contributed by atoms with van der Waals surface area (Å²) in [7, 11) is 0. The SMILES string of the molecule is CCC(C)c1cccc2c1N=C(C1=CC(O)C(C)C(C)C1)[C@@H]1CCCO[C@H]21. The number of para-hydroxylation sites is 1. The van der Waals surface area contributed by atoms with Gasteiger partial charge in [0.1, 0.15) is 0 Å². The molecule has 27 heavy (non-hydrogen) atoms. The van der Waals surface area contributed by atoms with Crippen molar-refractivity contribution < 1.29 is 9.84 Å². The molecular weight excluding hydrogens is 334 g/mol. The van der Waals surface area contributed by atoms with E-state index < -0.39 is 0 Å². The van der Waals surface area contributed by atoms with Crippen molar-refractivity contribution in [1.82, 2.24) is 0 Å². The summed E-state index contributed by atoms with van der Waals surface area (Å²) < 4.78 is 6.30. The highest BCUT2D eigenvalue weighted by Gasteiger charge is 2.40. The Hall–Kier alpha value is -1.45. The van der Waals surface area contributed by atoms with Crippen LogP contribution in [0, 0.1) is 17.8 Å². The number of aliphatic hydroxyl groups is 1. The number of hydrogen-bond donors (Lipinski definition) is 1. The molecule has 146 valence electrons. The fourth-order valence-electron chi connectivity index (χ4n) is 4.92. The van der Waals surface area contributed by atoms with Crippen LogP contribution in [0.4, 0.5) is 5.69 Å². The molecule has 2 heterocycles. The van der Waals surface area contributed by atoms with E-state index in [-0.39, 0.29) is 12.2 Å². The standard InChI is InChI=1S/C24H33NO2/c1-5-14(2)18-8-6-9-20-23(18)25-22(19-10-7-11-27-24(19)20)17-12-15(3)16(4)21(26)13-17/h6,8-9,13-16,19,21,24,26H,5,7,10-12H2,1-4H3/t14?,15?,16?,19-,21?,24-/m0/s1. The van der Waals surface area contributed by atoms with E-state index in [1.54, 1.807) is 0 Å². The highest BCUT2D eigenvalue weighted by molar-refractivity contribution is 6.05. The number of rotatable bonds is 3. The van der Waals surface area contributed by atoms with Gasteiger partial charge in [0.2, 0.25) is 0 Å². The van der Waals surface area contributed by atoms with Crippen molar-refractivity contribution in [2.45, 2.75) is 71.5 Å². The van der Waals surface area contributed by atoms with E-state index in [1.165, 1.54) is 22.4 Å². The molecular formula is C24H33NO2. The van der Waals surface area contributed by atoms with Crippen LogP contribution < -0.4 is 0 Å². The fraction of sp³-hybridized carbons (Fsp3) is 0.625. The maximum Gasteiger partial charge on any atom is 0.0929 e. The third-order valence-corrected chi connectivity index (χ3v) is 7.13. The second kappa shape index (κ2) is 7.52. The van der Waals surface area contributed by atoms with Gasteiger partial charge in [-0.25, -0.2) is 0 Å². The average molecular weight is 368 g/mol. The van der Waals surface area contributed by atoms with Crippen LogP contribution in [-0.4, -0.2) is 23.5 Å². The lowest BCUT2D eigenvalue weighted by Gasteiger charge is -2.40. The van der Waals surface area contributed by atoms with Crippen molar-refractivity contribution in [2.75, 3.05) is 6.61 Å². The Morgan fingerprint density at radius 1 is 1.30 bits per heavy atom. The molecule has 3 heteroatoms. The van der Waals surface area contributed by atoms with Crippen molar-refractivity contribution in [3.05, 3.63) is 41.0 Å². The second-order valence-electron chi connectivity index (χ2n) is 8.85. The minimum Gasteiger partial charge on any atom is -0.389 e. The topological polar surface area (TPSA) is 41.8 Å². The molecule has 6 atom stereocenters. The molecule has 4 rings (SSSR count). The third-order valence-electron chi connectivity index (χ3n) is 7.13. The summed E-state index contributed by atoms with van der Waals surface area (Å²) in [6.07, 6.45) is 6.12. The lowest BCUT2D eigenvalue weighted by atomic mass is 9.73. The van der Waals surface area contributed by atoms with Crippen molar-refractivity contribution in [1.29, 1.82) is 0 Å². The Morgan fingerprint density at radius 3 is 2.85 bits per heavy atom. The van der Waals surface area contributed by atoms with Crippen LogP contribution in [0.15, 0.2) is 34.8 Å². The van der Waals surface area contributed by atoms with Crippen LogP contribution in [0.5, 0.6) is 0 Å². The van der Waals surface area contributed by atoms with E-state index in [4.69, 9.17) is 9.73 Å². The molecule has 0 aromatic heterocycles. The summed E-state index contributed by atoms with van der Waals surface area (Å²) in [4.78, 5) is 5.27. The predicted octanol–water partition coefficient (Wildman–Crippen LogP) is 5.72. The molecule has 3 nitrogen and oxygen atoms in total. The van der Waals surface area contributed by atoms with E-state index in [2.05, 4.69) is 52.0 Å². The maximum absolute atomic E-state index is 10.6. The number of aliphatic hydroxyl groups excluding tert-OH is 1. The molecule has 1 fully saturated rings. The lowest BCUT2D eigenvalue weighted by Crippen LogP contribution is -2.36. The van der Waals surface area contributed by atoms with Crippen molar-refractivity contribution in [3.63, 3.8) is 0 Å². The zero-order valence-electron chi connectivity index (χ0n) is 17.1. The van der Waals surface area contributed by atoms with Crippen LogP contribution in [0.2, 0.25) is 0 Å². The van der Waals surface area contributed by atoms with Gasteiger partial charge < -0.3 is 9.84 Å². The van der Waals surface area contributed by atoms with E-state index in [9.17, 15) is 5.11 Å². The second-order valence-corrected chi connectivity index (χ2v) is 8.85. The Morgan fingerprint density at radius 2 is 2.11 bits per heavy atom. The van der Waals surface area contributed by atoms with E-state index in [1.807, 2.05) is 0 Å². The van der Waals surface area contributed by atoms with Gasteiger partial charge in [-0.15, -0.1) is 0 Å². The minimum atomic E-state index is -0.374. The van der Waals surface area contributed by atoms with Gasteiger partial charge in [0.25, 0.3) is 0 Å².